The number of hydrogen-bond donors (Lipinski definition) is 0. The lowest BCUT2D eigenvalue weighted by Gasteiger charge is -2.54. The second kappa shape index (κ2) is 39.2. The molecule has 0 amide bonds. The Morgan fingerprint density at radius 3 is 0.990 bits per heavy atom. The summed E-state index contributed by atoms with van der Waals surface area (Å²) in [6.45, 7) is 53.4. The molecule has 15 aliphatic rings. The van der Waals surface area contributed by atoms with Crippen LogP contribution >= 0.6 is 0 Å². The molecule has 0 aromatic carbocycles. The van der Waals surface area contributed by atoms with Crippen LogP contribution in [0.2, 0.25) is 0 Å². The Morgan fingerprint density at radius 1 is 0.378 bits per heavy atom. The third kappa shape index (κ3) is 33.4. The van der Waals surface area contributed by atoms with Gasteiger partial charge in [-0.15, -0.1) is 0 Å². The molecule has 3 atom stereocenters. The van der Waals surface area contributed by atoms with Gasteiger partial charge in [0.15, 0.2) is 0 Å². The van der Waals surface area contributed by atoms with E-state index in [9.17, 15) is 0 Å². The second-order valence-corrected chi connectivity index (χ2v) is 45.4. The first-order chi connectivity index (χ1) is 49.0. The summed E-state index contributed by atoms with van der Waals surface area (Å²) < 4.78 is 70.4. The molecule has 0 radical (unpaired) electrons. The van der Waals surface area contributed by atoms with Gasteiger partial charge in [0, 0.05) is 13.7 Å². The fourth-order valence-electron chi connectivity index (χ4n) is 22.9. The maximum Gasteiger partial charge on any atom is 0.0269 e. The van der Waals surface area contributed by atoms with Crippen molar-refractivity contribution in [2.75, 3.05) is 0 Å². The van der Waals surface area contributed by atoms with Crippen LogP contribution in [0.3, 0.4) is 0 Å². The highest BCUT2D eigenvalue weighted by Gasteiger charge is 2.50. The predicted octanol–water partition coefficient (Wildman–Crippen LogP) is 34.2. The van der Waals surface area contributed by atoms with Crippen LogP contribution in [0.15, 0.2) is 0 Å². The van der Waals surface area contributed by atoms with E-state index in [2.05, 4.69) is 125 Å². The lowest BCUT2D eigenvalue weighted by Crippen LogP contribution is -2.44. The Morgan fingerprint density at radius 2 is 0.704 bits per heavy atom. The lowest BCUT2D eigenvalue weighted by atomic mass is 9.51. The van der Waals surface area contributed by atoms with Gasteiger partial charge in [0.1, 0.15) is 0 Å². The van der Waals surface area contributed by atoms with Crippen molar-refractivity contribution in [2.24, 2.45) is 130 Å². The van der Waals surface area contributed by atoms with Crippen molar-refractivity contribution >= 4 is 0 Å². The van der Waals surface area contributed by atoms with Gasteiger partial charge >= 0.3 is 0 Å². The molecule has 0 aromatic heterocycles. The molecule has 15 fully saturated rings. The van der Waals surface area contributed by atoms with Gasteiger partial charge in [-0.1, -0.05) is 303 Å². The van der Waals surface area contributed by atoms with E-state index < -0.39 is 31.9 Å². The van der Waals surface area contributed by atoms with Crippen LogP contribution in [-0.4, -0.2) is 0 Å². The Balaban J connectivity index is 0.000000257. The topological polar surface area (TPSA) is 0 Å². The predicted molar refractivity (Wildman–Crippen MR) is 445 cm³/mol. The van der Waals surface area contributed by atoms with E-state index in [1.807, 2.05) is 34.6 Å². The molecular weight excluding hydrogens is 1180 g/mol. The molecule has 2 unspecified atom stereocenters. The monoisotopic (exact) mass is 1380 g/mol. The van der Waals surface area contributed by atoms with Crippen molar-refractivity contribution < 1.29 is 13.7 Å². The average molecular weight is 1380 g/mol. The van der Waals surface area contributed by atoms with Gasteiger partial charge in [0.05, 0.1) is 0 Å². The number of hydrogen-bond acceptors (Lipinski definition) is 0. The maximum absolute atomic E-state index is 7.25. The Labute approximate surface area is 636 Å². The molecule has 15 saturated carbocycles. The summed E-state index contributed by atoms with van der Waals surface area (Å²) in [6.07, 6.45) is 65.1. The standard InChI is InChI=1S/C16H30.C14H26.C13H22.C12H22.2C11H20.C6H14.3C5H12/c1-13-6-8-16(9-7-13)11-14(2,3)10-15(4,5)12-16;1-12-4-6-14(7-5-12)10-8-13(2,3)9-11-14;1-2-13-4-3-10-5-11(8-13)7-12(6-10)9-13;1-11-5-9-12(10-6-11)7-3-2-4-8-12;1-8-9-4-6-10(7-5-9)11(8,2)3;1-10-4-8-11(9-5-10)6-2-3-7-11;1-5-6(2,3)4;2*1-5(2,3)4;1-4-5(2)3/h13H,6-12H2,1-5H3;12H,4-11H2,1-3H3;10-12H,2-9H2,1H3;11H,2-10H2,1H3;8-10H,4-7H2,1-3H3;10H,2-9H2,1H3;5H2,1-4H3;2*1-4H3;5H,4H2,1-3H3/t;;;;8-,9?,10?;;;;;/m....1...../s1/i;;;;;;5D2;1D3,2D3;;4D2. The number of rotatable bonds is 2. The van der Waals surface area contributed by atoms with E-state index in [1.165, 1.54) is 200 Å². The van der Waals surface area contributed by atoms with Crippen molar-refractivity contribution in [2.45, 2.75) is 496 Å². The minimum absolute atomic E-state index is 0.132. The lowest BCUT2D eigenvalue weighted by molar-refractivity contribution is -0.0322. The zero-order valence-corrected chi connectivity index (χ0v) is 72.5. The SMILES string of the molecule is CC(C)(C)C.CC1CCC2(CC1)CC(C)(C)CC(C)(C)C2.CC1CCC2(CC1)CCC(C)(C)CC2.CC1CCC2(CCCC2)CC1.CC1CCC2(CCCCC2)CC1.CCC12CCC3CC(CC(C3)C1)C2.C[C@@H]1C2CCC(CC2)C1(C)C.[2H]C([2H])(C)C(C)(C)C.[2H]C([2H])(C)C(C)C.[2H]C([2H])([2H])C(C)(C)C([2H])([2H])[2H]. The third-order valence-electron chi connectivity index (χ3n) is 29.6. The van der Waals surface area contributed by atoms with Crippen LogP contribution in [0.4, 0.5) is 0 Å². The molecule has 98 heavy (non-hydrogen) atoms. The molecule has 0 aromatic rings. The number of fused-ring (bicyclic) bond motifs is 4. The molecule has 15 aliphatic carbocycles. The zero-order chi connectivity index (χ0) is 82.5. The average Bonchev–Trinajstić information content (AvgIpc) is 0.950. The van der Waals surface area contributed by atoms with E-state index in [0.717, 1.165) is 80.8 Å². The molecule has 0 heteroatoms. The molecule has 4 spiro atoms. The first-order valence-corrected chi connectivity index (χ1v) is 44.0. The normalized spacial score (nSPS) is 34.8. The van der Waals surface area contributed by atoms with Gasteiger partial charge in [0.25, 0.3) is 0 Å². The summed E-state index contributed by atoms with van der Waals surface area (Å²) in [7, 11) is 0. The molecule has 0 N–H and O–H groups in total. The highest BCUT2D eigenvalue weighted by atomic mass is 14.6. The maximum atomic E-state index is 7.25. The quantitative estimate of drug-likeness (QED) is 0.259. The van der Waals surface area contributed by atoms with Gasteiger partial charge in [-0.2, -0.15) is 0 Å². The Kier molecular flexibility index (Phi) is 29.9. The highest BCUT2D eigenvalue weighted by molar-refractivity contribution is 5.01. The molecular formula is C98H190. The van der Waals surface area contributed by atoms with Crippen molar-refractivity contribution in [3.05, 3.63) is 0 Å². The fourth-order valence-corrected chi connectivity index (χ4v) is 22.9. The molecule has 6 bridgehead atoms. The van der Waals surface area contributed by atoms with Gasteiger partial charge in [-0.25, -0.2) is 0 Å². The largest absolute Gasteiger partial charge is 0.0651 e. The van der Waals surface area contributed by atoms with Gasteiger partial charge in [0.2, 0.25) is 0 Å². The van der Waals surface area contributed by atoms with E-state index in [-0.39, 0.29) is 11.3 Å². The molecule has 582 valence electrons. The van der Waals surface area contributed by atoms with E-state index in [0.29, 0.717) is 32.5 Å². The minimum atomic E-state index is -2.43. The Bertz CT molecular complexity index is 2390. The van der Waals surface area contributed by atoms with Crippen molar-refractivity contribution in [1.29, 1.82) is 0 Å². The first-order valence-electron chi connectivity index (χ1n) is 49.0. The smallest absolute Gasteiger partial charge is 0.0269 e. The van der Waals surface area contributed by atoms with Gasteiger partial charge in [-0.3, -0.25) is 0 Å². The first kappa shape index (κ1) is 74.8. The van der Waals surface area contributed by atoms with Crippen LogP contribution in [0.1, 0.15) is 510 Å². The minimum Gasteiger partial charge on any atom is -0.0651 e. The van der Waals surface area contributed by atoms with Crippen LogP contribution in [-0.2, 0) is 0 Å². The van der Waals surface area contributed by atoms with E-state index >= 15 is 0 Å². The summed E-state index contributed by atoms with van der Waals surface area (Å²) in [6, 6.07) is 0. The van der Waals surface area contributed by atoms with Gasteiger partial charge in [-0.05, 0) is 323 Å². The summed E-state index contributed by atoms with van der Waals surface area (Å²) >= 11 is 0. The third-order valence-corrected chi connectivity index (χ3v) is 29.6. The van der Waals surface area contributed by atoms with Crippen molar-refractivity contribution in [1.82, 2.24) is 0 Å². The van der Waals surface area contributed by atoms with E-state index in [4.69, 9.17) is 13.7 Å². The second-order valence-electron chi connectivity index (χ2n) is 45.4. The summed E-state index contributed by atoms with van der Waals surface area (Å²) in [4.78, 5) is 0. The van der Waals surface area contributed by atoms with Crippen molar-refractivity contribution in [3.8, 4) is 0 Å². The molecule has 0 nitrogen and oxygen atoms in total. The highest BCUT2D eigenvalue weighted by Crippen LogP contribution is 2.62. The van der Waals surface area contributed by atoms with Crippen LogP contribution in [0, 0.1) is 130 Å². The Hall–Kier alpha value is 0. The summed E-state index contributed by atoms with van der Waals surface area (Å²) in [5.74, 6) is 10.7. The van der Waals surface area contributed by atoms with Crippen molar-refractivity contribution in [3.63, 3.8) is 0 Å². The molecule has 0 heterocycles. The molecule has 0 saturated heterocycles. The van der Waals surface area contributed by atoms with Crippen LogP contribution in [0.25, 0.3) is 0 Å². The van der Waals surface area contributed by atoms with E-state index in [1.54, 1.807) is 110 Å². The summed E-state index contributed by atoms with van der Waals surface area (Å²) in [5, 5.41) is 0. The van der Waals surface area contributed by atoms with Crippen LogP contribution < -0.4 is 0 Å². The van der Waals surface area contributed by atoms with Crippen LogP contribution in [0.5, 0.6) is 0 Å². The molecule has 0 aliphatic heterocycles. The summed E-state index contributed by atoms with van der Waals surface area (Å²) in [5.41, 5.74) is 5.10. The zero-order valence-electron chi connectivity index (χ0n) is 82.5. The molecule has 15 rings (SSSR count). The van der Waals surface area contributed by atoms with Gasteiger partial charge < -0.3 is 0 Å². The fraction of sp³-hybridized carbons (Fsp3) is 1.00.